The van der Waals surface area contributed by atoms with Crippen molar-refractivity contribution in [2.75, 3.05) is 13.1 Å². The van der Waals surface area contributed by atoms with Gasteiger partial charge in [-0.25, -0.2) is 0 Å². The van der Waals surface area contributed by atoms with Gasteiger partial charge in [-0.05, 0) is 56.5 Å². The lowest BCUT2D eigenvalue weighted by Crippen LogP contribution is -2.43. The van der Waals surface area contributed by atoms with Crippen molar-refractivity contribution in [3.63, 3.8) is 0 Å². The highest BCUT2D eigenvalue weighted by molar-refractivity contribution is 9.10. The normalized spacial score (nSPS) is 16.7. The van der Waals surface area contributed by atoms with E-state index in [9.17, 15) is 4.79 Å². The fraction of sp³-hybridized carbons (Fsp3) is 0.421. The molecule has 4 heteroatoms. The van der Waals surface area contributed by atoms with Crippen LogP contribution in [-0.4, -0.2) is 28.1 Å². The Kier molecular flexibility index (Phi) is 4.23. The number of benzene rings is 1. The highest BCUT2D eigenvalue weighted by Crippen LogP contribution is 2.31. The predicted octanol–water partition coefficient (Wildman–Crippen LogP) is 4.19. The first kappa shape index (κ1) is 16.5. The Bertz CT molecular complexity index is 843. The van der Waals surface area contributed by atoms with Crippen LogP contribution in [0.25, 0.3) is 16.5 Å². The maximum Gasteiger partial charge on any atom is 0.250 e. The third-order valence-electron chi connectivity index (χ3n) is 4.72. The highest BCUT2D eigenvalue weighted by Gasteiger charge is 2.23. The van der Waals surface area contributed by atoms with Crippen LogP contribution < -0.4 is 5.56 Å². The molecule has 0 saturated heterocycles. The second kappa shape index (κ2) is 5.91. The summed E-state index contributed by atoms with van der Waals surface area (Å²) in [7, 11) is 1.83. The summed E-state index contributed by atoms with van der Waals surface area (Å²) in [5.41, 5.74) is 3.78. The molecule has 0 fully saturated rings. The van der Waals surface area contributed by atoms with E-state index in [1.165, 1.54) is 11.1 Å². The number of fused-ring (bicyclic) bond motifs is 1. The second-order valence-corrected chi connectivity index (χ2v) is 8.07. The minimum atomic E-state index is 0.0260. The molecule has 1 aliphatic heterocycles. The molecule has 122 valence electrons. The zero-order valence-electron chi connectivity index (χ0n) is 14.2. The van der Waals surface area contributed by atoms with E-state index in [1.807, 2.05) is 13.1 Å². The van der Waals surface area contributed by atoms with Crippen molar-refractivity contribution in [3.05, 3.63) is 50.7 Å². The van der Waals surface area contributed by atoms with Gasteiger partial charge in [0.05, 0.1) is 5.52 Å². The fourth-order valence-electron chi connectivity index (χ4n) is 3.16. The monoisotopic (exact) mass is 374 g/mol. The third kappa shape index (κ3) is 3.15. The maximum atomic E-state index is 11.9. The minimum Gasteiger partial charge on any atom is -0.311 e. The molecule has 2 heterocycles. The molecule has 1 aromatic heterocycles. The average molecular weight is 375 g/mol. The molecule has 1 aromatic carbocycles. The first-order chi connectivity index (χ1) is 10.8. The van der Waals surface area contributed by atoms with E-state index < -0.39 is 0 Å². The molecule has 0 N–H and O–H groups in total. The van der Waals surface area contributed by atoms with E-state index in [-0.39, 0.29) is 11.1 Å². The van der Waals surface area contributed by atoms with Crippen molar-refractivity contribution in [2.45, 2.75) is 32.7 Å². The molecule has 0 aliphatic carbocycles. The van der Waals surface area contributed by atoms with Crippen LogP contribution in [-0.2, 0) is 7.05 Å². The first-order valence-corrected chi connectivity index (χ1v) is 8.80. The number of halogens is 1. The molecule has 0 bridgehead atoms. The van der Waals surface area contributed by atoms with Crippen LogP contribution in [0.4, 0.5) is 0 Å². The van der Waals surface area contributed by atoms with Gasteiger partial charge in [0, 0.05) is 41.6 Å². The molecule has 0 radical (unpaired) electrons. The Balaban J connectivity index is 2.03. The van der Waals surface area contributed by atoms with Gasteiger partial charge in [0.2, 0.25) is 0 Å². The maximum absolute atomic E-state index is 11.9. The van der Waals surface area contributed by atoms with Crippen LogP contribution in [0, 0.1) is 0 Å². The van der Waals surface area contributed by atoms with Crippen molar-refractivity contribution in [2.24, 2.45) is 7.05 Å². The van der Waals surface area contributed by atoms with Gasteiger partial charge in [-0.1, -0.05) is 22.0 Å². The van der Waals surface area contributed by atoms with Crippen LogP contribution >= 0.6 is 15.9 Å². The minimum absolute atomic E-state index is 0.0260. The fourth-order valence-corrected chi connectivity index (χ4v) is 3.74. The summed E-state index contributed by atoms with van der Waals surface area (Å²) < 4.78 is 2.76. The molecule has 23 heavy (non-hydrogen) atoms. The van der Waals surface area contributed by atoms with Gasteiger partial charge in [0.1, 0.15) is 0 Å². The molecule has 3 rings (SSSR count). The topological polar surface area (TPSA) is 25.2 Å². The summed E-state index contributed by atoms with van der Waals surface area (Å²) in [4.78, 5) is 14.4. The summed E-state index contributed by atoms with van der Waals surface area (Å²) in [6.45, 7) is 8.82. The SMILES string of the molecule is Cn1c(=O)ccc2c(Br)cc(C3=CCN(C(C)(C)C)CC3)cc21. The van der Waals surface area contributed by atoms with E-state index >= 15 is 0 Å². The lowest BCUT2D eigenvalue weighted by Gasteiger charge is -2.37. The van der Waals surface area contributed by atoms with E-state index in [1.54, 1.807) is 10.6 Å². The molecule has 0 unspecified atom stereocenters. The van der Waals surface area contributed by atoms with E-state index in [0.717, 1.165) is 34.9 Å². The molecule has 2 aromatic rings. The number of nitrogens with zero attached hydrogens (tertiary/aromatic N) is 2. The van der Waals surface area contributed by atoms with Crippen molar-refractivity contribution in [1.82, 2.24) is 9.47 Å². The van der Waals surface area contributed by atoms with E-state index in [2.05, 4.69) is 59.8 Å². The molecule has 1 aliphatic rings. The van der Waals surface area contributed by atoms with Gasteiger partial charge >= 0.3 is 0 Å². The first-order valence-electron chi connectivity index (χ1n) is 8.01. The van der Waals surface area contributed by atoms with Crippen LogP contribution in [0.5, 0.6) is 0 Å². The van der Waals surface area contributed by atoms with Gasteiger partial charge in [0.25, 0.3) is 5.56 Å². The summed E-state index contributed by atoms with van der Waals surface area (Å²) >= 11 is 3.66. The zero-order valence-corrected chi connectivity index (χ0v) is 15.8. The van der Waals surface area contributed by atoms with E-state index in [4.69, 9.17) is 0 Å². The summed E-state index contributed by atoms with van der Waals surface area (Å²) in [5, 5.41) is 1.07. The number of aromatic nitrogens is 1. The standard InChI is InChI=1S/C19H23BrN2O/c1-19(2,3)22-9-7-13(8-10-22)14-11-16(20)15-5-6-18(23)21(4)17(15)12-14/h5-7,11-12H,8-10H2,1-4H3. The van der Waals surface area contributed by atoms with Gasteiger partial charge in [0.15, 0.2) is 0 Å². The summed E-state index contributed by atoms with van der Waals surface area (Å²) in [6.07, 6.45) is 3.36. The molecule has 0 spiro atoms. The Labute approximate surface area is 145 Å². The Morgan fingerprint density at radius 2 is 1.91 bits per heavy atom. The van der Waals surface area contributed by atoms with Crippen molar-refractivity contribution in [3.8, 4) is 0 Å². The van der Waals surface area contributed by atoms with E-state index in [0.29, 0.717) is 0 Å². The molecule has 3 nitrogen and oxygen atoms in total. The lowest BCUT2D eigenvalue weighted by atomic mass is 9.95. The predicted molar refractivity (Wildman–Crippen MR) is 101 cm³/mol. The quantitative estimate of drug-likeness (QED) is 0.747. The second-order valence-electron chi connectivity index (χ2n) is 7.22. The van der Waals surface area contributed by atoms with Gasteiger partial charge in [-0.2, -0.15) is 0 Å². The molecule has 0 saturated carbocycles. The number of pyridine rings is 1. The Hall–Kier alpha value is -1.39. The van der Waals surface area contributed by atoms with Gasteiger partial charge in [-0.3, -0.25) is 9.69 Å². The van der Waals surface area contributed by atoms with Gasteiger partial charge < -0.3 is 4.57 Å². The molecule has 0 atom stereocenters. The summed E-state index contributed by atoms with van der Waals surface area (Å²) in [5.74, 6) is 0. The Morgan fingerprint density at radius 3 is 2.52 bits per heavy atom. The third-order valence-corrected chi connectivity index (χ3v) is 5.38. The smallest absolute Gasteiger partial charge is 0.250 e. The number of hydrogen-bond acceptors (Lipinski definition) is 2. The van der Waals surface area contributed by atoms with Crippen molar-refractivity contribution < 1.29 is 0 Å². The molecule has 0 amide bonds. The zero-order chi connectivity index (χ0) is 16.8. The lowest BCUT2D eigenvalue weighted by molar-refractivity contribution is 0.153. The number of hydrogen-bond donors (Lipinski definition) is 0. The number of aryl methyl sites for hydroxylation is 1. The summed E-state index contributed by atoms with van der Waals surface area (Å²) in [6, 6.07) is 7.82. The van der Waals surface area contributed by atoms with Crippen LogP contribution in [0.1, 0.15) is 32.8 Å². The van der Waals surface area contributed by atoms with Crippen molar-refractivity contribution in [1.29, 1.82) is 0 Å². The van der Waals surface area contributed by atoms with Crippen LogP contribution in [0.2, 0.25) is 0 Å². The van der Waals surface area contributed by atoms with Gasteiger partial charge in [-0.15, -0.1) is 0 Å². The average Bonchev–Trinajstić information content (AvgIpc) is 2.50. The molecular formula is C19H23BrN2O. The van der Waals surface area contributed by atoms with Crippen LogP contribution in [0.3, 0.4) is 0 Å². The largest absolute Gasteiger partial charge is 0.311 e. The number of rotatable bonds is 1. The van der Waals surface area contributed by atoms with Crippen LogP contribution in [0.15, 0.2) is 39.6 Å². The highest BCUT2D eigenvalue weighted by atomic mass is 79.9. The van der Waals surface area contributed by atoms with Crippen molar-refractivity contribution >= 4 is 32.4 Å². The molecular weight excluding hydrogens is 352 g/mol. The Morgan fingerprint density at radius 1 is 1.17 bits per heavy atom.